The van der Waals surface area contributed by atoms with Crippen molar-refractivity contribution in [1.82, 2.24) is 10.3 Å². The van der Waals surface area contributed by atoms with E-state index in [4.69, 9.17) is 13.9 Å². The van der Waals surface area contributed by atoms with Gasteiger partial charge in [0.2, 0.25) is 0 Å². The Morgan fingerprint density at radius 3 is 2.85 bits per heavy atom. The maximum atomic E-state index is 12.1. The fourth-order valence-corrected chi connectivity index (χ4v) is 2.38. The lowest BCUT2D eigenvalue weighted by Gasteiger charge is -2.08. The van der Waals surface area contributed by atoms with Gasteiger partial charge in [0.05, 0.1) is 5.69 Å². The lowest BCUT2D eigenvalue weighted by Crippen LogP contribution is -2.22. The first-order valence-electron chi connectivity index (χ1n) is 8.22. The third kappa shape index (κ3) is 4.94. The van der Waals surface area contributed by atoms with Crippen LogP contribution in [0, 0.1) is 0 Å². The number of methoxy groups -OCH3 is 1. The molecule has 1 aromatic carbocycles. The van der Waals surface area contributed by atoms with Gasteiger partial charge in [-0.15, -0.1) is 0 Å². The highest BCUT2D eigenvalue weighted by Gasteiger charge is 2.11. The Morgan fingerprint density at radius 1 is 1.12 bits per heavy atom. The largest absolute Gasteiger partial charge is 0.487 e. The number of hydrogen-bond donors (Lipinski definition) is 1. The number of nitrogens with one attached hydrogen (secondary N) is 1. The molecule has 134 valence electrons. The molecule has 0 atom stereocenters. The Hall–Kier alpha value is -3.12. The summed E-state index contributed by atoms with van der Waals surface area (Å²) in [6.45, 7) is 1.11. The van der Waals surface area contributed by atoms with Crippen LogP contribution in [0.15, 0.2) is 65.2 Å². The predicted molar refractivity (Wildman–Crippen MR) is 95.6 cm³/mol. The third-order valence-corrected chi connectivity index (χ3v) is 3.64. The van der Waals surface area contributed by atoms with Gasteiger partial charge < -0.3 is 19.2 Å². The Morgan fingerprint density at radius 2 is 2.04 bits per heavy atom. The van der Waals surface area contributed by atoms with E-state index in [9.17, 15) is 4.79 Å². The van der Waals surface area contributed by atoms with Crippen LogP contribution in [0.2, 0.25) is 0 Å². The average molecular weight is 352 g/mol. The van der Waals surface area contributed by atoms with Gasteiger partial charge in [-0.3, -0.25) is 9.78 Å². The Balaban J connectivity index is 1.53. The minimum Gasteiger partial charge on any atom is -0.487 e. The third-order valence-electron chi connectivity index (χ3n) is 3.64. The Bertz CT molecular complexity index is 846. The maximum absolute atomic E-state index is 12.1. The summed E-state index contributed by atoms with van der Waals surface area (Å²) in [6, 6.07) is 16.6. The second-order valence-electron chi connectivity index (χ2n) is 5.64. The molecule has 2 aromatic heterocycles. The van der Waals surface area contributed by atoms with Crippen molar-refractivity contribution in [3.8, 4) is 5.75 Å². The summed E-state index contributed by atoms with van der Waals surface area (Å²) in [5, 5.41) is 2.83. The van der Waals surface area contributed by atoms with Gasteiger partial charge >= 0.3 is 0 Å². The lowest BCUT2D eigenvalue weighted by atomic mass is 10.2. The van der Waals surface area contributed by atoms with Crippen LogP contribution in [0.1, 0.15) is 27.6 Å². The number of aromatic nitrogens is 1. The second kappa shape index (κ2) is 8.82. The summed E-state index contributed by atoms with van der Waals surface area (Å²) in [6.07, 6.45) is 1.73. The number of rotatable bonds is 8. The van der Waals surface area contributed by atoms with Crippen LogP contribution in [0.3, 0.4) is 0 Å². The molecule has 0 aliphatic carbocycles. The SMILES string of the molecule is COCc1ccc(C(=O)NCc2cccc(OCc3ccccn3)c2)o1. The van der Waals surface area contributed by atoms with Gasteiger partial charge in [0.25, 0.3) is 5.91 Å². The van der Waals surface area contributed by atoms with Crippen molar-refractivity contribution in [2.75, 3.05) is 7.11 Å². The fraction of sp³-hybridized carbons (Fsp3) is 0.200. The number of carbonyl (C=O) groups is 1. The van der Waals surface area contributed by atoms with Crippen LogP contribution < -0.4 is 10.1 Å². The summed E-state index contributed by atoms with van der Waals surface area (Å²) in [5.41, 5.74) is 1.79. The Kier molecular flexibility index (Phi) is 6.01. The molecule has 0 saturated heterocycles. The number of furan rings is 1. The number of nitrogens with zero attached hydrogens (tertiary/aromatic N) is 1. The van der Waals surface area contributed by atoms with E-state index in [1.165, 1.54) is 0 Å². The van der Waals surface area contributed by atoms with E-state index in [0.717, 1.165) is 17.0 Å². The molecule has 0 unspecified atom stereocenters. The number of carbonyl (C=O) groups excluding carboxylic acids is 1. The van der Waals surface area contributed by atoms with Crippen molar-refractivity contribution >= 4 is 5.91 Å². The molecule has 6 heteroatoms. The zero-order chi connectivity index (χ0) is 18.2. The number of ether oxygens (including phenoxy) is 2. The minimum atomic E-state index is -0.271. The zero-order valence-electron chi connectivity index (χ0n) is 14.5. The molecular weight excluding hydrogens is 332 g/mol. The van der Waals surface area contributed by atoms with Crippen molar-refractivity contribution in [1.29, 1.82) is 0 Å². The molecule has 1 N–H and O–H groups in total. The zero-order valence-corrected chi connectivity index (χ0v) is 14.5. The molecule has 0 aliphatic rings. The summed E-state index contributed by atoms with van der Waals surface area (Å²) < 4.78 is 16.1. The highest BCUT2D eigenvalue weighted by molar-refractivity contribution is 5.91. The highest BCUT2D eigenvalue weighted by Crippen LogP contribution is 2.15. The molecule has 2 heterocycles. The molecular formula is C20H20N2O4. The maximum Gasteiger partial charge on any atom is 0.287 e. The van der Waals surface area contributed by atoms with Crippen molar-refractivity contribution < 1.29 is 18.7 Å². The number of amides is 1. The smallest absolute Gasteiger partial charge is 0.287 e. The number of benzene rings is 1. The van der Waals surface area contributed by atoms with E-state index < -0.39 is 0 Å². The molecule has 3 aromatic rings. The molecule has 0 radical (unpaired) electrons. The van der Waals surface area contributed by atoms with Gasteiger partial charge in [-0.2, -0.15) is 0 Å². The van der Waals surface area contributed by atoms with E-state index in [1.54, 1.807) is 25.4 Å². The lowest BCUT2D eigenvalue weighted by molar-refractivity contribution is 0.0914. The number of hydrogen-bond acceptors (Lipinski definition) is 5. The van der Waals surface area contributed by atoms with E-state index in [-0.39, 0.29) is 11.7 Å². The van der Waals surface area contributed by atoms with Gasteiger partial charge in [0.1, 0.15) is 24.7 Å². The van der Waals surface area contributed by atoms with Crippen LogP contribution in [0.4, 0.5) is 0 Å². The monoisotopic (exact) mass is 352 g/mol. The first-order chi connectivity index (χ1) is 12.7. The normalized spacial score (nSPS) is 10.5. The summed E-state index contributed by atoms with van der Waals surface area (Å²) in [4.78, 5) is 16.4. The first-order valence-corrected chi connectivity index (χ1v) is 8.22. The molecule has 1 amide bonds. The quantitative estimate of drug-likeness (QED) is 0.673. The Labute approximate surface area is 151 Å². The van der Waals surface area contributed by atoms with Crippen LogP contribution in [-0.2, 0) is 24.5 Å². The van der Waals surface area contributed by atoms with Crippen molar-refractivity contribution in [2.45, 2.75) is 19.8 Å². The van der Waals surface area contributed by atoms with Crippen LogP contribution in [0.5, 0.6) is 5.75 Å². The van der Waals surface area contributed by atoms with Gasteiger partial charge in [0.15, 0.2) is 5.76 Å². The van der Waals surface area contributed by atoms with Gasteiger partial charge in [-0.1, -0.05) is 18.2 Å². The fourth-order valence-electron chi connectivity index (χ4n) is 2.38. The summed E-state index contributed by atoms with van der Waals surface area (Å²) in [7, 11) is 1.57. The van der Waals surface area contributed by atoms with Crippen LogP contribution in [-0.4, -0.2) is 18.0 Å². The standard InChI is InChI=1S/C20H20N2O4/c1-24-14-18-8-9-19(26-18)20(23)22-12-15-5-4-7-17(11-15)25-13-16-6-2-3-10-21-16/h2-11H,12-14H2,1H3,(H,22,23). The van der Waals surface area contributed by atoms with Gasteiger partial charge in [0, 0.05) is 19.9 Å². The molecule has 0 spiro atoms. The van der Waals surface area contributed by atoms with Gasteiger partial charge in [-0.25, -0.2) is 0 Å². The summed E-state index contributed by atoms with van der Waals surface area (Å²) in [5.74, 6) is 1.33. The molecule has 6 nitrogen and oxygen atoms in total. The van der Waals surface area contributed by atoms with Crippen LogP contribution in [0.25, 0.3) is 0 Å². The van der Waals surface area contributed by atoms with E-state index in [2.05, 4.69) is 10.3 Å². The number of pyridine rings is 1. The average Bonchev–Trinajstić information content (AvgIpc) is 3.15. The molecule has 26 heavy (non-hydrogen) atoms. The van der Waals surface area contributed by atoms with Crippen molar-refractivity contribution in [3.63, 3.8) is 0 Å². The molecule has 3 rings (SSSR count). The molecule has 0 bridgehead atoms. The van der Waals surface area contributed by atoms with Crippen molar-refractivity contribution in [3.05, 3.63) is 83.6 Å². The molecule has 0 fully saturated rings. The van der Waals surface area contributed by atoms with E-state index in [0.29, 0.717) is 25.5 Å². The predicted octanol–water partition coefficient (Wildman–Crippen LogP) is 3.33. The second-order valence-corrected chi connectivity index (χ2v) is 5.64. The summed E-state index contributed by atoms with van der Waals surface area (Å²) >= 11 is 0. The highest BCUT2D eigenvalue weighted by atomic mass is 16.5. The minimum absolute atomic E-state index is 0.264. The first kappa shape index (κ1) is 17.7. The van der Waals surface area contributed by atoms with E-state index in [1.807, 2.05) is 42.5 Å². The van der Waals surface area contributed by atoms with E-state index >= 15 is 0 Å². The van der Waals surface area contributed by atoms with Crippen molar-refractivity contribution in [2.24, 2.45) is 0 Å². The van der Waals surface area contributed by atoms with Crippen LogP contribution >= 0.6 is 0 Å². The topological polar surface area (TPSA) is 73.6 Å². The molecule has 0 aliphatic heterocycles. The molecule has 0 saturated carbocycles. The van der Waals surface area contributed by atoms with Gasteiger partial charge in [-0.05, 0) is 42.0 Å².